The molecule has 31 heavy (non-hydrogen) atoms. The van der Waals surface area contributed by atoms with Gasteiger partial charge in [0.05, 0.1) is 0 Å². The largest absolute Gasteiger partial charge is 0.299 e. The first kappa shape index (κ1) is 21.4. The molecule has 0 aromatic rings. The average molecular weight is 421 g/mol. The molecule has 0 aromatic heterocycles. The monoisotopic (exact) mass is 420 g/mol. The smallest absolute Gasteiger partial charge is 0.161 e. The first-order valence-corrected chi connectivity index (χ1v) is 12.5. The van der Waals surface area contributed by atoms with Gasteiger partial charge in [0.25, 0.3) is 0 Å². The topological polar surface area (TPSA) is 34.1 Å². The van der Waals surface area contributed by atoms with Gasteiger partial charge in [-0.3, -0.25) is 9.59 Å². The quantitative estimate of drug-likeness (QED) is 0.422. The van der Waals surface area contributed by atoms with E-state index in [1.807, 2.05) is 6.08 Å². The molecule has 2 nitrogen and oxygen atoms in total. The van der Waals surface area contributed by atoms with Crippen LogP contribution in [0.4, 0.5) is 0 Å². The van der Waals surface area contributed by atoms with Crippen molar-refractivity contribution in [2.24, 2.45) is 38.9 Å². The first-order chi connectivity index (χ1) is 14.3. The molecular formula is C29H40O2. The highest BCUT2D eigenvalue weighted by Crippen LogP contribution is 2.72. The number of fused-ring (bicyclic) bond motifs is 6. The second-order valence-electron chi connectivity index (χ2n) is 13.3. The maximum atomic E-state index is 12.8. The Morgan fingerprint density at radius 1 is 0.903 bits per heavy atom. The van der Waals surface area contributed by atoms with Crippen molar-refractivity contribution >= 4 is 11.6 Å². The lowest BCUT2D eigenvalue weighted by Crippen LogP contribution is -2.62. The van der Waals surface area contributed by atoms with Crippen LogP contribution in [0.1, 0.15) is 93.4 Å². The Balaban J connectivity index is 1.66. The second kappa shape index (κ2) is 6.12. The van der Waals surface area contributed by atoms with Crippen LogP contribution in [0, 0.1) is 38.9 Å². The Kier molecular flexibility index (Phi) is 4.22. The normalized spacial score (nSPS) is 45.3. The van der Waals surface area contributed by atoms with Gasteiger partial charge in [0.15, 0.2) is 5.78 Å². The lowest BCUT2D eigenvalue weighted by atomic mass is 9.36. The number of Topliss-reactive ketones (excluding diaryl/α,β-unsaturated/α-hetero) is 1. The number of hydrogen-bond donors (Lipinski definition) is 0. The molecular weight excluding hydrogens is 380 g/mol. The third-order valence-electron chi connectivity index (χ3n) is 11.1. The maximum absolute atomic E-state index is 12.8. The molecule has 5 aliphatic rings. The lowest BCUT2D eigenvalue weighted by molar-refractivity contribution is -0.165. The van der Waals surface area contributed by atoms with Gasteiger partial charge in [-0.15, -0.1) is 0 Å². The minimum Gasteiger partial charge on any atom is -0.299 e. The van der Waals surface area contributed by atoms with E-state index in [-0.39, 0.29) is 27.1 Å². The number of rotatable bonds is 0. The summed E-state index contributed by atoms with van der Waals surface area (Å²) in [6, 6.07) is 0. The third-order valence-corrected chi connectivity index (χ3v) is 11.1. The van der Waals surface area contributed by atoms with E-state index in [0.29, 0.717) is 23.4 Å². The van der Waals surface area contributed by atoms with Gasteiger partial charge >= 0.3 is 0 Å². The summed E-state index contributed by atoms with van der Waals surface area (Å²) < 4.78 is 0. The molecule has 5 atom stereocenters. The van der Waals surface area contributed by atoms with Gasteiger partial charge in [0, 0.05) is 17.3 Å². The molecule has 0 radical (unpaired) electrons. The Morgan fingerprint density at radius 3 is 2.32 bits per heavy atom. The molecule has 5 rings (SSSR count). The molecule has 0 bridgehead atoms. The second-order valence-corrected chi connectivity index (χ2v) is 13.3. The zero-order chi connectivity index (χ0) is 22.6. The van der Waals surface area contributed by atoms with E-state index in [9.17, 15) is 9.59 Å². The fraction of sp³-hybridized carbons (Fsp3) is 0.724. The van der Waals surface area contributed by atoms with Crippen molar-refractivity contribution in [3.63, 3.8) is 0 Å². The van der Waals surface area contributed by atoms with Crippen LogP contribution >= 0.6 is 0 Å². The van der Waals surface area contributed by atoms with E-state index >= 15 is 0 Å². The van der Waals surface area contributed by atoms with Crippen LogP contribution in [0.3, 0.4) is 0 Å². The van der Waals surface area contributed by atoms with E-state index in [2.05, 4.69) is 60.6 Å². The zero-order valence-electron chi connectivity index (χ0n) is 20.7. The van der Waals surface area contributed by atoms with Gasteiger partial charge in [0.1, 0.15) is 5.78 Å². The highest BCUT2D eigenvalue weighted by atomic mass is 16.1. The molecule has 0 spiro atoms. The van der Waals surface area contributed by atoms with Crippen LogP contribution in [0.15, 0.2) is 34.9 Å². The lowest BCUT2D eigenvalue weighted by Gasteiger charge is -2.67. The number of ketones is 2. The number of hydrogen-bond acceptors (Lipinski definition) is 2. The van der Waals surface area contributed by atoms with Crippen molar-refractivity contribution < 1.29 is 9.59 Å². The molecule has 2 fully saturated rings. The molecule has 168 valence electrons. The van der Waals surface area contributed by atoms with Crippen molar-refractivity contribution in [2.45, 2.75) is 93.4 Å². The third kappa shape index (κ3) is 2.51. The average Bonchev–Trinajstić information content (AvgIpc) is 2.67. The number of carbonyl (C=O) groups is 2. The summed E-state index contributed by atoms with van der Waals surface area (Å²) in [7, 11) is 0. The Hall–Kier alpha value is -1.44. The van der Waals surface area contributed by atoms with Crippen molar-refractivity contribution in [1.29, 1.82) is 0 Å². The molecule has 0 N–H and O–H groups in total. The van der Waals surface area contributed by atoms with Gasteiger partial charge < -0.3 is 0 Å². The molecule has 2 heteroatoms. The van der Waals surface area contributed by atoms with E-state index < -0.39 is 0 Å². The predicted octanol–water partition coefficient (Wildman–Crippen LogP) is 7.01. The van der Waals surface area contributed by atoms with Crippen LogP contribution in [0.25, 0.3) is 0 Å². The Morgan fingerprint density at radius 2 is 1.61 bits per heavy atom. The molecule has 0 saturated heterocycles. The van der Waals surface area contributed by atoms with Gasteiger partial charge in [-0.1, -0.05) is 60.6 Å². The summed E-state index contributed by atoms with van der Waals surface area (Å²) in [6.45, 7) is 16.2. The summed E-state index contributed by atoms with van der Waals surface area (Å²) in [5.74, 6) is 1.73. The van der Waals surface area contributed by atoms with Gasteiger partial charge in [-0.25, -0.2) is 0 Å². The molecule has 0 heterocycles. The summed E-state index contributed by atoms with van der Waals surface area (Å²) in [6.07, 6.45) is 14.1. The highest BCUT2D eigenvalue weighted by Gasteiger charge is 2.65. The van der Waals surface area contributed by atoms with Crippen molar-refractivity contribution in [1.82, 2.24) is 0 Å². The number of allylic oxidation sites excluding steroid dienone is 6. The first-order valence-electron chi connectivity index (χ1n) is 12.5. The van der Waals surface area contributed by atoms with Crippen molar-refractivity contribution in [3.8, 4) is 0 Å². The predicted molar refractivity (Wildman–Crippen MR) is 125 cm³/mol. The summed E-state index contributed by atoms with van der Waals surface area (Å²) in [5.41, 5.74) is 4.27. The van der Waals surface area contributed by atoms with Crippen LogP contribution in [-0.4, -0.2) is 11.6 Å². The molecule has 0 aliphatic heterocycles. The zero-order valence-corrected chi connectivity index (χ0v) is 20.7. The number of carbonyl (C=O) groups excluding carboxylic acids is 2. The van der Waals surface area contributed by atoms with Crippen LogP contribution < -0.4 is 0 Å². The minimum atomic E-state index is -0.299. The summed E-state index contributed by atoms with van der Waals surface area (Å²) in [4.78, 5) is 25.5. The summed E-state index contributed by atoms with van der Waals surface area (Å²) in [5, 5.41) is 0. The van der Waals surface area contributed by atoms with Crippen molar-refractivity contribution in [3.05, 3.63) is 34.9 Å². The standard InChI is InChI=1S/C29H40O2/c1-25(2)17-19-18(16-24(25)31)10-14-28(6)20(19)8-9-22-27(5)13-12-23(30)26(3,4)21(27)11-15-29(22,28)7/h8-9,16,21-22H,10-15,17H2,1-7H3/t21-,22-,27+,28-,29-/m1/s1. The van der Waals surface area contributed by atoms with Gasteiger partial charge in [-0.05, 0) is 89.4 Å². The van der Waals surface area contributed by atoms with E-state index in [4.69, 9.17) is 0 Å². The van der Waals surface area contributed by atoms with E-state index in [1.165, 1.54) is 23.1 Å². The van der Waals surface area contributed by atoms with Crippen LogP contribution in [-0.2, 0) is 9.59 Å². The van der Waals surface area contributed by atoms with Crippen LogP contribution in [0.5, 0.6) is 0 Å². The summed E-state index contributed by atoms with van der Waals surface area (Å²) >= 11 is 0. The highest BCUT2D eigenvalue weighted by molar-refractivity contribution is 5.97. The van der Waals surface area contributed by atoms with Gasteiger partial charge in [-0.2, -0.15) is 0 Å². The van der Waals surface area contributed by atoms with Gasteiger partial charge in [0.2, 0.25) is 0 Å². The van der Waals surface area contributed by atoms with Crippen LogP contribution in [0.2, 0.25) is 0 Å². The minimum absolute atomic E-state index is 0.134. The fourth-order valence-corrected chi connectivity index (χ4v) is 8.84. The Labute approximate surface area is 188 Å². The Bertz CT molecular complexity index is 973. The maximum Gasteiger partial charge on any atom is 0.161 e. The van der Waals surface area contributed by atoms with E-state index in [0.717, 1.165) is 38.5 Å². The molecule has 0 amide bonds. The SMILES string of the molecule is CC1(C)CC2=C3C=C[C@@H]4[C@@]5(C)CCC(=O)C(C)(C)[C@H]5CC[C@@]4(C)[C@]3(C)CCC2=CC1=O. The van der Waals surface area contributed by atoms with E-state index in [1.54, 1.807) is 0 Å². The molecule has 0 aromatic carbocycles. The molecule has 0 unspecified atom stereocenters. The molecule has 5 aliphatic carbocycles. The molecule has 2 saturated carbocycles. The fourth-order valence-electron chi connectivity index (χ4n) is 8.84. The van der Waals surface area contributed by atoms with Crippen molar-refractivity contribution in [2.75, 3.05) is 0 Å².